The minimum absolute atomic E-state index is 0.0409. The molecule has 0 fully saturated rings. The number of aromatic amines is 1. The Morgan fingerprint density at radius 1 is 0.657 bits per heavy atom. The summed E-state index contributed by atoms with van der Waals surface area (Å²) in [5.41, 5.74) is -0.245. The van der Waals surface area contributed by atoms with Crippen LogP contribution in [0.4, 0.5) is 20.3 Å². The molecule has 0 bridgehead atoms. The maximum absolute atomic E-state index is 13.6. The van der Waals surface area contributed by atoms with Gasteiger partial charge in [0.25, 0.3) is 5.56 Å². The number of nitrogens with one attached hydrogen (secondary N) is 2. The fourth-order valence-corrected chi connectivity index (χ4v) is 7.61. The quantitative estimate of drug-likeness (QED) is 0.0199. The van der Waals surface area contributed by atoms with Gasteiger partial charge in [0, 0.05) is 0 Å². The number of hydrogen-bond donors (Lipinski definition) is 4. The number of oxime groups is 1. The Morgan fingerprint density at radius 3 is 1.43 bits per heavy atom. The van der Waals surface area contributed by atoms with Gasteiger partial charge in [0.2, 0.25) is 5.88 Å². The monoisotopic (exact) mass is 1150 g/mol. The van der Waals surface area contributed by atoms with Gasteiger partial charge in [-0.3, -0.25) is 9.59 Å². The normalized spacial score (nSPS) is 10.1. The fraction of sp³-hybridized carbons (Fsp3) is 0.143. The molecule has 0 saturated carbocycles. The van der Waals surface area contributed by atoms with E-state index in [9.17, 15) is 18.4 Å². The number of hydrogen-bond acceptors (Lipinski definition) is 22. The van der Waals surface area contributed by atoms with Gasteiger partial charge in [-0.1, -0.05) is 151 Å². The van der Waals surface area contributed by atoms with Crippen molar-refractivity contribution in [1.82, 2.24) is 49.8 Å². The van der Waals surface area contributed by atoms with Gasteiger partial charge in [-0.05, 0) is 43.4 Å². The van der Waals surface area contributed by atoms with Crippen LogP contribution in [-0.2, 0) is 0 Å². The molecule has 0 spiro atoms. The van der Waals surface area contributed by atoms with Crippen LogP contribution in [0.5, 0.6) is 5.88 Å². The van der Waals surface area contributed by atoms with Crippen LogP contribution in [0.2, 0.25) is 36.1 Å². The largest absolute Gasteiger partial charge is 0.493 e. The van der Waals surface area contributed by atoms with E-state index in [-0.39, 0.29) is 75.2 Å². The summed E-state index contributed by atoms with van der Waals surface area (Å²) in [6, 6.07) is 8.07. The molecule has 67 heavy (non-hydrogen) atoms. The Hall–Kier alpha value is -4.22. The molecule has 0 aliphatic rings. The highest BCUT2D eigenvalue weighted by Crippen LogP contribution is 2.29. The third-order valence-corrected chi connectivity index (χ3v) is 11.4. The van der Waals surface area contributed by atoms with E-state index in [1.807, 2.05) is 12.3 Å². The minimum atomic E-state index is -0.797. The average Bonchev–Trinajstić information content (AvgIpc) is 3.28. The van der Waals surface area contributed by atoms with Crippen LogP contribution >= 0.6 is 140 Å². The van der Waals surface area contributed by atoms with Crippen LogP contribution in [0.1, 0.15) is 27.0 Å². The summed E-state index contributed by atoms with van der Waals surface area (Å²) in [5.74, 6) is -1.88. The highest BCUT2D eigenvalue weighted by atomic mass is 35.5. The number of benzene rings is 1. The summed E-state index contributed by atoms with van der Waals surface area (Å²) in [6.45, 7) is 0. The Balaban J connectivity index is 0.000000295. The second-order valence-corrected chi connectivity index (χ2v) is 17.1. The summed E-state index contributed by atoms with van der Waals surface area (Å²) in [7, 11) is 0. The summed E-state index contributed by atoms with van der Waals surface area (Å²) >= 11 is 46.3. The molecule has 32 heteroatoms. The fourth-order valence-electron chi connectivity index (χ4n) is 3.76. The Bertz CT molecular complexity index is 2780. The zero-order valence-corrected chi connectivity index (χ0v) is 43.4. The maximum atomic E-state index is 13.6. The average molecular weight is 1150 g/mol. The molecule has 0 aliphatic heterocycles. The van der Waals surface area contributed by atoms with Crippen molar-refractivity contribution in [1.29, 1.82) is 10.5 Å². The molecule has 0 amide bonds. The van der Waals surface area contributed by atoms with Crippen molar-refractivity contribution in [2.45, 2.75) is 25.8 Å². The van der Waals surface area contributed by atoms with E-state index < -0.39 is 17.3 Å². The number of rotatable bonds is 9. The number of carbonyl (C=O) groups excluding carboxylic acids is 1. The van der Waals surface area contributed by atoms with Gasteiger partial charge in [0.1, 0.15) is 61.2 Å². The Morgan fingerprint density at radius 2 is 1.06 bits per heavy atom. The van der Waals surface area contributed by atoms with Gasteiger partial charge >= 0.3 is 0 Å². The molecule has 1 aromatic carbocycles. The van der Waals surface area contributed by atoms with Gasteiger partial charge in [-0.25, -0.2) is 48.7 Å². The number of nitrogens with zero attached hydrogens (tertiary/aromatic N) is 12. The van der Waals surface area contributed by atoms with Gasteiger partial charge < -0.3 is 20.6 Å². The molecule has 0 radical (unpaired) electrons. The smallest absolute Gasteiger partial charge is 0.255 e. The summed E-state index contributed by atoms with van der Waals surface area (Å²) < 4.78 is 27.2. The highest BCUT2D eigenvalue weighted by Gasteiger charge is 2.17. The van der Waals surface area contributed by atoms with Crippen molar-refractivity contribution in [3.63, 3.8) is 0 Å². The molecule has 5 aromatic heterocycles. The SMILES string of the molecule is CSc1nc(Cl)c(C#N)c(Cl)n1.CSc1nc(Cl)c(C#N)c(Nc2c(F)cccc2F)n1.CSc1nc(Cl)c(C=NO)c(Cl)n1.CSc1nc(Cl)c(C=O)c(Cl)n1.CSc1nc(O)cc(=O)[nH]1. The predicted molar refractivity (Wildman–Crippen MR) is 262 cm³/mol. The summed E-state index contributed by atoms with van der Waals surface area (Å²) in [4.78, 5) is 58.0. The third kappa shape index (κ3) is 18.7. The minimum Gasteiger partial charge on any atom is -0.493 e. The lowest BCUT2D eigenvalue weighted by Crippen LogP contribution is -2.05. The maximum Gasteiger partial charge on any atom is 0.255 e. The number of aromatic nitrogens is 10. The molecule has 352 valence electrons. The van der Waals surface area contributed by atoms with Gasteiger partial charge in [-0.15, -0.1) is 0 Å². The lowest BCUT2D eigenvalue weighted by Gasteiger charge is -2.10. The number of thioether (sulfide) groups is 5. The predicted octanol–water partition coefficient (Wildman–Crippen LogP) is 11.0. The summed E-state index contributed by atoms with van der Waals surface area (Å²) in [5, 5.41) is 42.7. The number of halogens is 9. The van der Waals surface area contributed by atoms with E-state index in [1.165, 1.54) is 64.9 Å². The van der Waals surface area contributed by atoms with E-state index in [4.69, 9.17) is 102 Å². The standard InChI is InChI=1S/C12H7ClF2N4S.C6H5Cl2N3OS.C6H3Cl2N3S.C6H4Cl2N2OS.C5H6N2O2S/c1-20-12-18-10(13)6(5-16)11(19-12)17-9-7(14)3-2-4-8(9)15;1-13-6-10-4(7)3(2-9-12)5(8)11-6;1-12-6-10-4(7)3(2-9)5(8)11-6;1-12-6-9-4(7)3(2-11)5(8)10-6;1-10-5-6-3(8)2-4(9)7-5/h2-4H,1H3,(H,17,18,19);2,12H,1H3;1H3;2H,1H3;2H,1H3,(H2,6,7,8,9). The zero-order valence-electron chi connectivity index (χ0n) is 34.0. The number of aromatic hydroxyl groups is 1. The van der Waals surface area contributed by atoms with Crippen LogP contribution in [0.15, 0.2) is 60.0 Å². The molecule has 5 heterocycles. The van der Waals surface area contributed by atoms with E-state index in [2.05, 4.69) is 60.3 Å². The topological polar surface area (TPSA) is 278 Å². The Labute approximate surface area is 434 Å². The Kier molecular flexibility index (Phi) is 26.6. The van der Waals surface area contributed by atoms with Crippen LogP contribution in [0.3, 0.4) is 0 Å². The van der Waals surface area contributed by atoms with E-state index >= 15 is 0 Å². The van der Waals surface area contributed by atoms with Gasteiger partial charge in [0.05, 0.1) is 23.4 Å². The van der Waals surface area contributed by atoms with Crippen molar-refractivity contribution in [3.8, 4) is 18.0 Å². The number of H-pyrrole nitrogens is 1. The van der Waals surface area contributed by atoms with Crippen molar-refractivity contribution in [2.75, 3.05) is 36.6 Å². The molecule has 0 atom stereocenters. The van der Waals surface area contributed by atoms with Crippen molar-refractivity contribution in [3.05, 3.63) is 105 Å². The first-order valence-electron chi connectivity index (χ1n) is 16.8. The first-order valence-corrected chi connectivity index (χ1v) is 25.5. The molecule has 0 aliphatic carbocycles. The number of para-hydroxylation sites is 1. The van der Waals surface area contributed by atoms with E-state index in [0.717, 1.165) is 24.4 Å². The lowest BCUT2D eigenvalue weighted by atomic mass is 10.2. The molecule has 6 aromatic rings. The molecule has 0 saturated heterocycles. The molecule has 6 rings (SSSR count). The first kappa shape index (κ1) is 58.9. The second-order valence-electron chi connectivity index (χ2n) is 10.7. The highest BCUT2D eigenvalue weighted by molar-refractivity contribution is 7.99. The van der Waals surface area contributed by atoms with Crippen LogP contribution < -0.4 is 10.9 Å². The van der Waals surface area contributed by atoms with Crippen molar-refractivity contribution < 1.29 is 23.9 Å². The number of aldehydes is 1. The van der Waals surface area contributed by atoms with Crippen molar-refractivity contribution >= 4 is 164 Å². The van der Waals surface area contributed by atoms with E-state index in [1.54, 1.807) is 31.1 Å². The first-order chi connectivity index (χ1) is 31.8. The molecule has 18 nitrogen and oxygen atoms in total. The van der Waals surface area contributed by atoms with Gasteiger partial charge in [0.15, 0.2) is 53.3 Å². The number of anilines is 2. The number of nitriles is 2. The summed E-state index contributed by atoms with van der Waals surface area (Å²) in [6.07, 6.45) is 10.5. The molecular formula is C35H25Cl7F2N14O4S5. The van der Waals surface area contributed by atoms with E-state index in [0.29, 0.717) is 32.5 Å². The number of carbonyl (C=O) groups is 1. The van der Waals surface area contributed by atoms with Crippen molar-refractivity contribution in [2.24, 2.45) is 5.16 Å². The lowest BCUT2D eigenvalue weighted by molar-refractivity contribution is 0.112. The second kappa shape index (κ2) is 30.3. The van der Waals surface area contributed by atoms with Crippen LogP contribution in [0, 0.1) is 34.3 Å². The van der Waals surface area contributed by atoms with Crippen LogP contribution in [-0.4, -0.2) is 104 Å². The third-order valence-electron chi connectivity index (χ3n) is 6.67. The molecular weight excluding hydrogens is 1130 g/mol. The van der Waals surface area contributed by atoms with Crippen LogP contribution in [0.25, 0.3) is 0 Å². The molecule has 0 unspecified atom stereocenters. The zero-order chi connectivity index (χ0) is 50.4. The van der Waals surface area contributed by atoms with Gasteiger partial charge in [-0.2, -0.15) is 15.5 Å². The molecule has 4 N–H and O–H groups in total.